The summed E-state index contributed by atoms with van der Waals surface area (Å²) in [5, 5.41) is 20.6. The van der Waals surface area contributed by atoms with Crippen LogP contribution in [0.4, 0.5) is 5.82 Å². The Morgan fingerprint density at radius 1 is 1.64 bits per heavy atom. The van der Waals surface area contributed by atoms with E-state index in [1.807, 2.05) is 6.07 Å². The molecule has 5 heteroatoms. The highest BCUT2D eigenvalue weighted by atomic mass is 16.3. The van der Waals surface area contributed by atoms with E-state index in [-0.39, 0.29) is 6.10 Å². The van der Waals surface area contributed by atoms with Crippen molar-refractivity contribution in [1.82, 2.24) is 9.97 Å². The summed E-state index contributed by atoms with van der Waals surface area (Å²) in [5.41, 5.74) is 0.333. The van der Waals surface area contributed by atoms with E-state index in [4.69, 9.17) is 10.4 Å². The number of hydrogen-bond acceptors (Lipinski definition) is 5. The summed E-state index contributed by atoms with van der Waals surface area (Å²) in [6, 6.07) is 3.50. The summed E-state index contributed by atoms with van der Waals surface area (Å²) in [5.74, 6) is 0.609. The van der Waals surface area contributed by atoms with Crippen molar-refractivity contribution in [3.05, 3.63) is 18.1 Å². The second-order valence-electron chi connectivity index (χ2n) is 2.96. The van der Waals surface area contributed by atoms with E-state index in [0.29, 0.717) is 24.5 Å². The maximum absolute atomic E-state index is 9.01. The molecule has 14 heavy (non-hydrogen) atoms. The van der Waals surface area contributed by atoms with Gasteiger partial charge in [0.25, 0.3) is 0 Å². The van der Waals surface area contributed by atoms with Crippen molar-refractivity contribution >= 4 is 5.82 Å². The molecule has 74 valence electrons. The van der Waals surface area contributed by atoms with E-state index in [9.17, 15) is 0 Å². The van der Waals surface area contributed by atoms with Crippen LogP contribution in [0.15, 0.2) is 12.4 Å². The smallest absolute Gasteiger partial charge is 0.145 e. The third-order valence-electron chi connectivity index (χ3n) is 1.65. The third kappa shape index (κ3) is 3.37. The molecule has 0 spiro atoms. The fraction of sp³-hybridized carbons (Fsp3) is 0.444. The van der Waals surface area contributed by atoms with Crippen LogP contribution in [0.1, 0.15) is 19.0 Å². The molecular formula is C9H12N4O. The summed E-state index contributed by atoms with van der Waals surface area (Å²) in [6.07, 6.45) is 1.65. The minimum Gasteiger partial charge on any atom is -0.393 e. The van der Waals surface area contributed by atoms with Gasteiger partial charge < -0.3 is 10.4 Å². The molecule has 0 aliphatic carbocycles. The van der Waals surface area contributed by atoms with Crippen LogP contribution in [-0.2, 0) is 0 Å². The van der Waals surface area contributed by atoms with E-state index in [1.54, 1.807) is 13.0 Å². The predicted molar refractivity (Wildman–Crippen MR) is 51.5 cm³/mol. The zero-order chi connectivity index (χ0) is 10.4. The van der Waals surface area contributed by atoms with Gasteiger partial charge in [-0.2, -0.15) is 5.26 Å². The van der Waals surface area contributed by atoms with Gasteiger partial charge in [-0.25, -0.2) is 9.97 Å². The van der Waals surface area contributed by atoms with Crippen molar-refractivity contribution in [2.24, 2.45) is 0 Å². The van der Waals surface area contributed by atoms with Gasteiger partial charge in [0.2, 0.25) is 0 Å². The summed E-state index contributed by atoms with van der Waals surface area (Å²) >= 11 is 0. The first kappa shape index (κ1) is 10.4. The lowest BCUT2D eigenvalue weighted by Crippen LogP contribution is -2.10. The Labute approximate surface area is 82.4 Å². The second-order valence-corrected chi connectivity index (χ2v) is 2.96. The molecule has 2 N–H and O–H groups in total. The van der Waals surface area contributed by atoms with Gasteiger partial charge in [0.15, 0.2) is 0 Å². The van der Waals surface area contributed by atoms with Crippen LogP contribution in [0.5, 0.6) is 0 Å². The number of aromatic nitrogens is 2. The van der Waals surface area contributed by atoms with Crippen LogP contribution in [0, 0.1) is 11.3 Å². The van der Waals surface area contributed by atoms with Crippen molar-refractivity contribution in [1.29, 1.82) is 5.26 Å². The largest absolute Gasteiger partial charge is 0.393 e. The highest BCUT2D eigenvalue weighted by molar-refractivity contribution is 5.38. The van der Waals surface area contributed by atoms with Crippen LogP contribution in [0.25, 0.3) is 0 Å². The average Bonchev–Trinajstić information content (AvgIpc) is 2.18. The van der Waals surface area contributed by atoms with Gasteiger partial charge in [0.1, 0.15) is 23.9 Å². The lowest BCUT2D eigenvalue weighted by Gasteiger charge is -2.06. The molecule has 1 aromatic heterocycles. The zero-order valence-electron chi connectivity index (χ0n) is 7.94. The molecule has 1 heterocycles. The normalized spacial score (nSPS) is 11.8. The number of rotatable bonds is 4. The maximum atomic E-state index is 9.01. The van der Waals surface area contributed by atoms with E-state index in [1.165, 1.54) is 6.33 Å². The number of hydrogen-bond donors (Lipinski definition) is 2. The summed E-state index contributed by atoms with van der Waals surface area (Å²) in [6.45, 7) is 2.35. The molecule has 0 saturated heterocycles. The fourth-order valence-electron chi connectivity index (χ4n) is 0.924. The van der Waals surface area contributed by atoms with Gasteiger partial charge in [-0.1, -0.05) is 0 Å². The van der Waals surface area contributed by atoms with E-state index < -0.39 is 0 Å². The summed E-state index contributed by atoms with van der Waals surface area (Å²) < 4.78 is 0. The highest BCUT2D eigenvalue weighted by Gasteiger charge is 1.98. The van der Waals surface area contributed by atoms with Crippen LogP contribution in [0.3, 0.4) is 0 Å². The molecule has 0 fully saturated rings. The molecule has 0 amide bonds. The lowest BCUT2D eigenvalue weighted by molar-refractivity contribution is 0.188. The third-order valence-corrected chi connectivity index (χ3v) is 1.65. The molecule has 1 aromatic rings. The predicted octanol–water partition coefficient (Wildman–Crippen LogP) is 0.531. The van der Waals surface area contributed by atoms with Gasteiger partial charge in [0.05, 0.1) is 6.10 Å². The quantitative estimate of drug-likeness (QED) is 0.727. The number of nitriles is 1. The molecule has 0 unspecified atom stereocenters. The molecule has 1 rings (SSSR count). The number of nitrogens with zero attached hydrogens (tertiary/aromatic N) is 3. The Balaban J connectivity index is 2.47. The molecule has 0 radical (unpaired) electrons. The van der Waals surface area contributed by atoms with Crippen molar-refractivity contribution in [3.63, 3.8) is 0 Å². The minimum atomic E-state index is -0.334. The van der Waals surface area contributed by atoms with Gasteiger partial charge in [-0.05, 0) is 13.3 Å². The SMILES string of the molecule is C[C@H](O)CCNc1cc(C#N)ncn1. The summed E-state index contributed by atoms with van der Waals surface area (Å²) in [7, 11) is 0. The molecule has 0 aliphatic rings. The van der Waals surface area contributed by atoms with Gasteiger partial charge in [-0.3, -0.25) is 0 Å². The number of nitrogens with one attached hydrogen (secondary N) is 1. The highest BCUT2D eigenvalue weighted by Crippen LogP contribution is 2.02. The maximum Gasteiger partial charge on any atom is 0.145 e. The fourth-order valence-corrected chi connectivity index (χ4v) is 0.924. The molecule has 0 aromatic carbocycles. The molecule has 0 saturated carbocycles. The van der Waals surface area contributed by atoms with Crippen LogP contribution >= 0.6 is 0 Å². The summed E-state index contributed by atoms with van der Waals surface area (Å²) in [4.78, 5) is 7.67. The monoisotopic (exact) mass is 192 g/mol. The Morgan fingerprint density at radius 2 is 2.43 bits per heavy atom. The van der Waals surface area contributed by atoms with Crippen molar-refractivity contribution in [2.45, 2.75) is 19.4 Å². The van der Waals surface area contributed by atoms with E-state index >= 15 is 0 Å². The lowest BCUT2D eigenvalue weighted by atomic mass is 10.3. The molecular weight excluding hydrogens is 180 g/mol. The first-order valence-corrected chi connectivity index (χ1v) is 4.36. The van der Waals surface area contributed by atoms with Gasteiger partial charge in [0, 0.05) is 12.6 Å². The number of aliphatic hydroxyl groups is 1. The van der Waals surface area contributed by atoms with Crippen molar-refractivity contribution < 1.29 is 5.11 Å². The standard InChI is InChI=1S/C9H12N4O/c1-7(14)2-3-11-9-4-8(5-10)12-6-13-9/h4,6-7,14H,2-3H2,1H3,(H,11,12,13)/t7-/m0/s1. The Morgan fingerprint density at radius 3 is 3.07 bits per heavy atom. The number of anilines is 1. The van der Waals surface area contributed by atoms with Gasteiger partial charge in [-0.15, -0.1) is 0 Å². The average molecular weight is 192 g/mol. The first-order valence-electron chi connectivity index (χ1n) is 4.36. The van der Waals surface area contributed by atoms with Crippen molar-refractivity contribution in [2.75, 3.05) is 11.9 Å². The van der Waals surface area contributed by atoms with E-state index in [2.05, 4.69) is 15.3 Å². The van der Waals surface area contributed by atoms with Gasteiger partial charge >= 0.3 is 0 Å². The molecule has 1 atom stereocenters. The van der Waals surface area contributed by atoms with Crippen LogP contribution < -0.4 is 5.32 Å². The Kier molecular flexibility index (Phi) is 3.83. The van der Waals surface area contributed by atoms with Crippen LogP contribution in [-0.4, -0.2) is 27.7 Å². The van der Waals surface area contributed by atoms with Crippen molar-refractivity contribution in [3.8, 4) is 6.07 Å². The molecule has 5 nitrogen and oxygen atoms in total. The zero-order valence-corrected chi connectivity index (χ0v) is 7.94. The van der Waals surface area contributed by atoms with Crippen LogP contribution in [0.2, 0.25) is 0 Å². The second kappa shape index (κ2) is 5.14. The Bertz CT molecular complexity index is 332. The Hall–Kier alpha value is -1.67. The molecule has 0 aliphatic heterocycles. The molecule has 0 bridgehead atoms. The van der Waals surface area contributed by atoms with E-state index in [0.717, 1.165) is 0 Å². The topological polar surface area (TPSA) is 81.8 Å². The first-order chi connectivity index (χ1) is 6.72. The minimum absolute atomic E-state index is 0.333. The number of aliphatic hydroxyl groups excluding tert-OH is 1.